The summed E-state index contributed by atoms with van der Waals surface area (Å²) in [5.74, 6) is -0.223. The standard InChI is InChI=1S/C25H25NO6/c1-16-13-14-19(29-2)18(15-16)26-24(27)23(17-9-6-5-7-10-17)32-25(28)22-20(30-3)11-8-12-21(22)31-4/h5-15,23H,1-4H3,(H,26,27)/t23-/m0/s1. The highest BCUT2D eigenvalue weighted by Crippen LogP contribution is 2.32. The van der Waals surface area contributed by atoms with Crippen molar-refractivity contribution in [3.05, 3.63) is 83.4 Å². The Labute approximate surface area is 186 Å². The highest BCUT2D eigenvalue weighted by molar-refractivity contribution is 6.01. The number of carbonyl (C=O) groups is 2. The van der Waals surface area contributed by atoms with E-state index in [-0.39, 0.29) is 17.1 Å². The van der Waals surface area contributed by atoms with Gasteiger partial charge in [0, 0.05) is 5.56 Å². The topological polar surface area (TPSA) is 83.1 Å². The fourth-order valence-corrected chi connectivity index (χ4v) is 3.24. The Hall–Kier alpha value is -4.00. The maximum Gasteiger partial charge on any atom is 0.346 e. The van der Waals surface area contributed by atoms with Crippen molar-refractivity contribution in [2.75, 3.05) is 26.6 Å². The minimum absolute atomic E-state index is 0.0966. The smallest absolute Gasteiger partial charge is 0.346 e. The van der Waals surface area contributed by atoms with E-state index < -0.39 is 18.0 Å². The van der Waals surface area contributed by atoms with Gasteiger partial charge >= 0.3 is 5.97 Å². The molecular weight excluding hydrogens is 410 g/mol. The van der Waals surface area contributed by atoms with Crippen molar-refractivity contribution in [1.82, 2.24) is 0 Å². The lowest BCUT2D eigenvalue weighted by Crippen LogP contribution is -2.26. The lowest BCUT2D eigenvalue weighted by molar-refractivity contribution is -0.125. The van der Waals surface area contributed by atoms with Gasteiger partial charge in [-0.1, -0.05) is 42.5 Å². The molecule has 3 rings (SSSR count). The molecule has 0 unspecified atom stereocenters. The third-order valence-corrected chi connectivity index (χ3v) is 4.81. The average molecular weight is 435 g/mol. The molecule has 3 aromatic carbocycles. The van der Waals surface area contributed by atoms with Gasteiger partial charge in [-0.3, -0.25) is 4.79 Å². The fraction of sp³-hybridized carbons (Fsp3) is 0.200. The zero-order valence-corrected chi connectivity index (χ0v) is 18.4. The Bertz CT molecular complexity index is 1070. The number of amides is 1. The summed E-state index contributed by atoms with van der Waals surface area (Å²) < 4.78 is 21.6. The van der Waals surface area contributed by atoms with Crippen molar-refractivity contribution in [3.8, 4) is 17.2 Å². The van der Waals surface area contributed by atoms with Crippen molar-refractivity contribution in [2.45, 2.75) is 13.0 Å². The van der Waals surface area contributed by atoms with E-state index in [1.54, 1.807) is 54.6 Å². The van der Waals surface area contributed by atoms with Gasteiger partial charge in [-0.05, 0) is 36.8 Å². The van der Waals surface area contributed by atoms with E-state index in [9.17, 15) is 9.59 Å². The molecule has 32 heavy (non-hydrogen) atoms. The van der Waals surface area contributed by atoms with Crippen LogP contribution >= 0.6 is 0 Å². The SMILES string of the molecule is COc1ccc(C)cc1NC(=O)[C@@H](OC(=O)c1c(OC)cccc1OC)c1ccccc1. The highest BCUT2D eigenvalue weighted by Gasteiger charge is 2.29. The molecule has 0 heterocycles. The number of rotatable bonds is 8. The Morgan fingerprint density at radius 3 is 2.00 bits per heavy atom. The van der Waals surface area contributed by atoms with Gasteiger partial charge in [0.1, 0.15) is 22.8 Å². The number of ether oxygens (including phenoxy) is 4. The van der Waals surface area contributed by atoms with Crippen LogP contribution in [0.5, 0.6) is 17.2 Å². The van der Waals surface area contributed by atoms with E-state index in [0.29, 0.717) is 17.0 Å². The molecule has 0 spiro atoms. The molecule has 0 saturated carbocycles. The normalized spacial score (nSPS) is 11.2. The van der Waals surface area contributed by atoms with Gasteiger partial charge in [-0.2, -0.15) is 0 Å². The molecule has 1 atom stereocenters. The van der Waals surface area contributed by atoms with Gasteiger partial charge in [0.2, 0.25) is 6.10 Å². The minimum Gasteiger partial charge on any atom is -0.496 e. The maximum atomic E-state index is 13.3. The largest absolute Gasteiger partial charge is 0.496 e. The molecule has 166 valence electrons. The third kappa shape index (κ3) is 5.00. The fourth-order valence-electron chi connectivity index (χ4n) is 3.24. The predicted molar refractivity (Wildman–Crippen MR) is 121 cm³/mol. The molecule has 0 aliphatic rings. The van der Waals surface area contributed by atoms with Crippen LogP contribution in [0, 0.1) is 6.92 Å². The molecular formula is C25H25NO6. The van der Waals surface area contributed by atoms with Crippen molar-refractivity contribution in [3.63, 3.8) is 0 Å². The molecule has 0 fully saturated rings. The summed E-state index contributed by atoms with van der Waals surface area (Å²) in [6.45, 7) is 1.90. The van der Waals surface area contributed by atoms with Crippen LogP contribution < -0.4 is 19.5 Å². The van der Waals surface area contributed by atoms with Crippen LogP contribution in [0.2, 0.25) is 0 Å². The van der Waals surface area contributed by atoms with E-state index in [1.165, 1.54) is 21.3 Å². The number of aryl methyl sites for hydroxylation is 1. The van der Waals surface area contributed by atoms with E-state index in [1.807, 2.05) is 19.1 Å². The second-order valence-electron chi connectivity index (χ2n) is 6.93. The molecule has 0 aromatic heterocycles. The first-order valence-electron chi connectivity index (χ1n) is 9.91. The molecule has 3 aromatic rings. The number of methoxy groups -OCH3 is 3. The average Bonchev–Trinajstić information content (AvgIpc) is 2.82. The molecule has 1 N–H and O–H groups in total. The number of hydrogen-bond acceptors (Lipinski definition) is 6. The van der Waals surface area contributed by atoms with Gasteiger partial charge < -0.3 is 24.3 Å². The van der Waals surface area contributed by atoms with Crippen molar-refractivity contribution >= 4 is 17.6 Å². The second kappa shape index (κ2) is 10.3. The Balaban J connectivity index is 1.96. The lowest BCUT2D eigenvalue weighted by atomic mass is 10.1. The number of anilines is 1. The monoisotopic (exact) mass is 435 g/mol. The van der Waals surface area contributed by atoms with Crippen LogP contribution in [0.25, 0.3) is 0 Å². The van der Waals surface area contributed by atoms with Crippen molar-refractivity contribution in [2.24, 2.45) is 0 Å². The molecule has 0 aliphatic carbocycles. The zero-order chi connectivity index (χ0) is 23.1. The van der Waals surface area contributed by atoms with Gasteiger partial charge in [-0.25, -0.2) is 4.79 Å². The Kier molecular flexibility index (Phi) is 7.33. The van der Waals surface area contributed by atoms with Gasteiger partial charge in [0.15, 0.2) is 0 Å². The molecule has 7 nitrogen and oxygen atoms in total. The summed E-state index contributed by atoms with van der Waals surface area (Å²) in [5, 5.41) is 2.81. The van der Waals surface area contributed by atoms with Gasteiger partial charge in [0.25, 0.3) is 5.91 Å². The van der Waals surface area contributed by atoms with Crippen LogP contribution in [0.3, 0.4) is 0 Å². The van der Waals surface area contributed by atoms with E-state index in [0.717, 1.165) is 5.56 Å². The first kappa shape index (κ1) is 22.7. The number of esters is 1. The number of carbonyl (C=O) groups excluding carboxylic acids is 2. The zero-order valence-electron chi connectivity index (χ0n) is 18.4. The number of nitrogens with one attached hydrogen (secondary N) is 1. The van der Waals surface area contributed by atoms with Gasteiger partial charge in [-0.15, -0.1) is 0 Å². The molecule has 0 aliphatic heterocycles. The molecule has 1 amide bonds. The first-order chi connectivity index (χ1) is 15.5. The van der Waals surface area contributed by atoms with E-state index >= 15 is 0 Å². The lowest BCUT2D eigenvalue weighted by Gasteiger charge is -2.20. The minimum atomic E-state index is -1.22. The third-order valence-electron chi connectivity index (χ3n) is 4.81. The molecule has 0 radical (unpaired) electrons. The maximum absolute atomic E-state index is 13.3. The summed E-state index contributed by atoms with van der Waals surface area (Å²) in [6, 6.07) is 19.1. The number of hydrogen-bond donors (Lipinski definition) is 1. The van der Waals surface area contributed by atoms with Crippen LogP contribution in [0.4, 0.5) is 5.69 Å². The summed E-state index contributed by atoms with van der Waals surface area (Å²) >= 11 is 0. The predicted octanol–water partition coefficient (Wildman–Crippen LogP) is 4.56. The summed E-state index contributed by atoms with van der Waals surface area (Å²) in [4.78, 5) is 26.4. The van der Waals surface area contributed by atoms with Crippen LogP contribution in [-0.2, 0) is 9.53 Å². The summed E-state index contributed by atoms with van der Waals surface area (Å²) in [5.41, 5.74) is 2.02. The van der Waals surface area contributed by atoms with E-state index in [4.69, 9.17) is 18.9 Å². The van der Waals surface area contributed by atoms with Crippen molar-refractivity contribution in [1.29, 1.82) is 0 Å². The molecule has 0 saturated heterocycles. The molecule has 0 bridgehead atoms. The summed E-state index contributed by atoms with van der Waals surface area (Å²) in [7, 11) is 4.40. The highest BCUT2D eigenvalue weighted by atomic mass is 16.6. The molecule has 7 heteroatoms. The second-order valence-corrected chi connectivity index (χ2v) is 6.93. The van der Waals surface area contributed by atoms with Crippen molar-refractivity contribution < 1.29 is 28.5 Å². The van der Waals surface area contributed by atoms with Crippen LogP contribution in [0.1, 0.15) is 27.6 Å². The Morgan fingerprint density at radius 2 is 1.41 bits per heavy atom. The van der Waals surface area contributed by atoms with Gasteiger partial charge in [0.05, 0.1) is 27.0 Å². The van der Waals surface area contributed by atoms with E-state index in [2.05, 4.69) is 5.32 Å². The summed E-state index contributed by atoms with van der Waals surface area (Å²) in [6.07, 6.45) is -1.22. The first-order valence-corrected chi connectivity index (χ1v) is 9.91. The van der Waals surface area contributed by atoms with Crippen LogP contribution in [0.15, 0.2) is 66.7 Å². The Morgan fingerprint density at radius 1 is 0.781 bits per heavy atom. The number of benzene rings is 3. The quantitative estimate of drug-likeness (QED) is 0.523. The van der Waals surface area contributed by atoms with Crippen LogP contribution in [-0.4, -0.2) is 33.2 Å².